The molecule has 1 saturated heterocycles. The number of carboxylic acid groups (broad SMARTS) is 1. The Hall–Kier alpha value is -4.12. The second-order valence-electron chi connectivity index (χ2n) is 7.64. The first-order valence-electron chi connectivity index (χ1n) is 10.3. The van der Waals surface area contributed by atoms with Gasteiger partial charge in [0.2, 0.25) is 17.5 Å². The van der Waals surface area contributed by atoms with E-state index in [0.717, 1.165) is 16.4 Å². The molecule has 1 aromatic rings. The van der Waals surface area contributed by atoms with Crippen molar-refractivity contribution in [2.45, 2.75) is 11.4 Å². The molecule has 0 saturated carbocycles. The maximum absolute atomic E-state index is 13.5. The lowest BCUT2D eigenvalue weighted by molar-refractivity contribution is -0.150. The van der Waals surface area contributed by atoms with Gasteiger partial charge in [0, 0.05) is 36.2 Å². The average Bonchev–Trinajstić information content (AvgIpc) is 3.45. The van der Waals surface area contributed by atoms with Crippen LogP contribution in [0.4, 0.5) is 9.52 Å². The molecule has 5 N–H and O–H groups in total. The van der Waals surface area contributed by atoms with Crippen molar-refractivity contribution in [3.63, 3.8) is 0 Å². The number of nitrogens with two attached hydrogens (primary N) is 1. The standard InChI is InChI=1S/C19H18FN9O5S2/c1-34-25-11(14-23-19(21)36-26-14)15(30)22-12-16(31)29-13(18(32)33)8(7-35-17(12)29)6-27-4-5-28-10(27)3-2-9(20)24-28/h2-5,12,17,24H,6-7H2,1H3,(H,22,30)(H,32,33)(H2,21,23,26)/b25-11-/t12-,17+/m1/s1. The van der Waals surface area contributed by atoms with Crippen LogP contribution in [-0.2, 0) is 19.2 Å². The summed E-state index contributed by atoms with van der Waals surface area (Å²) in [5, 5.41) is 17.1. The number of hydrazine groups is 1. The molecular weight excluding hydrogens is 517 g/mol. The number of carboxylic acids is 1. The number of anilines is 1. The van der Waals surface area contributed by atoms with E-state index in [1.807, 2.05) is 0 Å². The molecule has 0 aromatic carbocycles. The Labute approximate surface area is 210 Å². The van der Waals surface area contributed by atoms with Gasteiger partial charge in [-0.15, -0.1) is 11.8 Å². The van der Waals surface area contributed by atoms with Crippen molar-refractivity contribution in [2.75, 3.05) is 25.1 Å². The van der Waals surface area contributed by atoms with Crippen LogP contribution in [-0.4, -0.2) is 83.6 Å². The highest BCUT2D eigenvalue weighted by Crippen LogP contribution is 2.41. The molecule has 5 rings (SSSR count). The van der Waals surface area contributed by atoms with E-state index < -0.39 is 35.2 Å². The number of carbonyl (C=O) groups is 3. The fraction of sp³-hybridized carbons (Fsp3) is 0.263. The first-order chi connectivity index (χ1) is 17.3. The van der Waals surface area contributed by atoms with E-state index in [-0.39, 0.29) is 28.9 Å². The van der Waals surface area contributed by atoms with Crippen molar-refractivity contribution < 1.29 is 28.7 Å². The number of β-lactam (4-membered cyclic amide) rings is 1. The Kier molecular flexibility index (Phi) is 6.00. The van der Waals surface area contributed by atoms with E-state index in [1.165, 1.54) is 30.0 Å². The summed E-state index contributed by atoms with van der Waals surface area (Å²) in [7, 11) is 1.24. The molecule has 0 bridgehead atoms. The molecule has 0 radical (unpaired) electrons. The minimum absolute atomic E-state index is 0.0564. The molecule has 14 nitrogen and oxygen atoms in total. The highest BCUT2D eigenvalue weighted by molar-refractivity contribution is 8.00. The number of hydrogen-bond acceptors (Lipinski definition) is 13. The van der Waals surface area contributed by atoms with Gasteiger partial charge in [-0.05, 0) is 17.7 Å². The summed E-state index contributed by atoms with van der Waals surface area (Å²) in [5.74, 6) is -2.31. The third kappa shape index (κ3) is 4.01. The number of halogens is 1. The number of fused-ring (bicyclic) bond motifs is 2. The third-order valence-electron chi connectivity index (χ3n) is 5.49. The van der Waals surface area contributed by atoms with Crippen LogP contribution >= 0.6 is 23.3 Å². The van der Waals surface area contributed by atoms with Crippen LogP contribution in [0, 0.1) is 0 Å². The summed E-state index contributed by atoms with van der Waals surface area (Å²) >= 11 is 2.18. The molecule has 0 spiro atoms. The molecule has 1 fully saturated rings. The summed E-state index contributed by atoms with van der Waals surface area (Å²) in [5.41, 5.74) is 8.18. The fourth-order valence-electron chi connectivity index (χ4n) is 3.97. The lowest BCUT2D eigenvalue weighted by Crippen LogP contribution is -2.71. The first-order valence-corrected chi connectivity index (χ1v) is 12.1. The number of hydrogen-bond donors (Lipinski definition) is 4. The number of oxime groups is 1. The van der Waals surface area contributed by atoms with Crippen LogP contribution < -0.4 is 16.5 Å². The topological polar surface area (TPSA) is 179 Å². The van der Waals surface area contributed by atoms with Crippen molar-refractivity contribution >= 4 is 51.9 Å². The molecule has 5 heterocycles. The Morgan fingerprint density at radius 3 is 2.92 bits per heavy atom. The van der Waals surface area contributed by atoms with E-state index >= 15 is 0 Å². The Morgan fingerprint density at radius 2 is 2.22 bits per heavy atom. The van der Waals surface area contributed by atoms with Gasteiger partial charge in [-0.3, -0.25) is 19.9 Å². The highest BCUT2D eigenvalue weighted by atomic mass is 32.2. The number of aliphatic carboxylic acids is 1. The summed E-state index contributed by atoms with van der Waals surface area (Å²) in [4.78, 5) is 49.5. The summed E-state index contributed by atoms with van der Waals surface area (Å²) in [6, 6.07) is -0.989. The number of nitrogen functional groups attached to an aromatic ring is 1. The molecule has 0 unspecified atom stereocenters. The molecule has 4 aliphatic rings. The molecule has 2 atom stereocenters. The zero-order valence-corrected chi connectivity index (χ0v) is 20.0. The number of nitrogens with zero attached hydrogens (tertiary/aromatic N) is 6. The van der Waals surface area contributed by atoms with Crippen LogP contribution in [0.2, 0.25) is 0 Å². The second-order valence-corrected chi connectivity index (χ2v) is 9.53. The molecule has 4 aliphatic heterocycles. The molecule has 188 valence electrons. The predicted octanol–water partition coefficient (Wildman–Crippen LogP) is -0.531. The fourth-order valence-corrected chi connectivity index (χ4v) is 5.74. The van der Waals surface area contributed by atoms with Gasteiger partial charge in [0.25, 0.3) is 11.8 Å². The first kappa shape index (κ1) is 23.6. The van der Waals surface area contributed by atoms with Crippen LogP contribution in [0.5, 0.6) is 0 Å². The zero-order chi connectivity index (χ0) is 25.6. The lowest BCUT2D eigenvalue weighted by atomic mass is 10.0. The Balaban J connectivity index is 1.33. The minimum atomic E-state index is -1.26. The second kappa shape index (κ2) is 9.15. The zero-order valence-electron chi connectivity index (χ0n) is 18.4. The minimum Gasteiger partial charge on any atom is -0.477 e. The monoisotopic (exact) mass is 535 g/mol. The predicted molar refractivity (Wildman–Crippen MR) is 126 cm³/mol. The number of amides is 2. The van der Waals surface area contributed by atoms with Gasteiger partial charge in [0.1, 0.15) is 30.0 Å². The number of thioether (sulfide) groups is 1. The maximum atomic E-state index is 13.5. The molecule has 0 aliphatic carbocycles. The number of rotatable bonds is 7. The summed E-state index contributed by atoms with van der Waals surface area (Å²) in [6.07, 6.45) is 6.08. The van der Waals surface area contributed by atoms with Crippen molar-refractivity contribution in [1.29, 1.82) is 0 Å². The van der Waals surface area contributed by atoms with E-state index in [4.69, 9.17) is 10.6 Å². The number of allylic oxidation sites excluding steroid dienone is 2. The van der Waals surface area contributed by atoms with Crippen LogP contribution in [0.1, 0.15) is 5.82 Å². The maximum Gasteiger partial charge on any atom is 0.352 e. The summed E-state index contributed by atoms with van der Waals surface area (Å²) in [6.45, 7) is 0.166. The van der Waals surface area contributed by atoms with Crippen molar-refractivity contribution in [3.8, 4) is 0 Å². The molecule has 2 amide bonds. The van der Waals surface area contributed by atoms with Crippen molar-refractivity contribution in [1.82, 2.24) is 34.9 Å². The van der Waals surface area contributed by atoms with E-state index in [1.54, 1.807) is 23.4 Å². The van der Waals surface area contributed by atoms with Gasteiger partial charge >= 0.3 is 5.97 Å². The van der Waals surface area contributed by atoms with Gasteiger partial charge < -0.3 is 25.9 Å². The van der Waals surface area contributed by atoms with Gasteiger partial charge in [-0.25, -0.2) is 9.80 Å². The summed E-state index contributed by atoms with van der Waals surface area (Å²) < 4.78 is 17.4. The molecule has 36 heavy (non-hydrogen) atoms. The quantitative estimate of drug-likeness (QED) is 0.152. The molecule has 1 aromatic heterocycles. The molecule has 17 heteroatoms. The van der Waals surface area contributed by atoms with Crippen molar-refractivity contribution in [2.24, 2.45) is 5.16 Å². The van der Waals surface area contributed by atoms with E-state index in [2.05, 4.69) is 25.3 Å². The number of nitrogens with one attached hydrogen (secondary N) is 2. The number of carbonyl (C=O) groups excluding carboxylic acids is 2. The van der Waals surface area contributed by atoms with Crippen LogP contribution in [0.15, 0.2) is 52.7 Å². The van der Waals surface area contributed by atoms with Gasteiger partial charge in [-0.1, -0.05) is 5.16 Å². The Bertz CT molecular complexity index is 1310. The lowest BCUT2D eigenvalue weighted by Gasteiger charge is -2.49. The van der Waals surface area contributed by atoms with E-state index in [0.29, 0.717) is 17.1 Å². The Morgan fingerprint density at radius 1 is 1.42 bits per heavy atom. The normalized spacial score (nSPS) is 22.9. The van der Waals surface area contributed by atoms with Gasteiger partial charge in [0.15, 0.2) is 5.13 Å². The largest absolute Gasteiger partial charge is 0.477 e. The van der Waals surface area contributed by atoms with Gasteiger partial charge in [0.05, 0.1) is 0 Å². The average molecular weight is 536 g/mol. The van der Waals surface area contributed by atoms with E-state index in [9.17, 15) is 23.9 Å². The van der Waals surface area contributed by atoms with Crippen LogP contribution in [0.25, 0.3) is 0 Å². The highest BCUT2D eigenvalue weighted by Gasteiger charge is 2.54. The third-order valence-corrected chi connectivity index (χ3v) is 7.37. The van der Waals surface area contributed by atoms with Crippen LogP contribution in [0.3, 0.4) is 0 Å². The smallest absolute Gasteiger partial charge is 0.352 e. The van der Waals surface area contributed by atoms with Crippen molar-refractivity contribution in [3.05, 3.63) is 53.4 Å². The number of aromatic nitrogens is 2. The SMILES string of the molecule is CO/N=C(\C(=O)N[C@@H]1C(=O)N2C(C(=O)O)=C(CN3C=CN4NC(F)=CC=C34)CS[C@@H]12)c1nsc(N)n1. The molecular formula is C19H18FN9O5S2. The van der Waals surface area contributed by atoms with Gasteiger partial charge in [-0.2, -0.15) is 13.7 Å².